The van der Waals surface area contributed by atoms with Gasteiger partial charge in [-0.3, -0.25) is 14.6 Å². The molecule has 9 nitrogen and oxygen atoms in total. The molecule has 246 valence electrons. The summed E-state index contributed by atoms with van der Waals surface area (Å²) >= 11 is 0. The lowest BCUT2D eigenvalue weighted by atomic mass is 9.75. The van der Waals surface area contributed by atoms with Gasteiger partial charge < -0.3 is 10.2 Å². The number of halogens is 3. The third-order valence-corrected chi connectivity index (χ3v) is 9.26. The lowest BCUT2D eigenvalue weighted by Crippen LogP contribution is -2.51. The van der Waals surface area contributed by atoms with Crippen LogP contribution >= 0.6 is 0 Å². The summed E-state index contributed by atoms with van der Waals surface area (Å²) in [6.07, 6.45) is -0.130. The maximum atomic E-state index is 14.5. The Balaban J connectivity index is 1.51. The van der Waals surface area contributed by atoms with Crippen LogP contribution in [0.3, 0.4) is 0 Å². The maximum Gasteiger partial charge on any atom is 0.416 e. The number of hydrogen-bond donors (Lipinski definition) is 2. The smallest absolute Gasteiger partial charge is 0.345 e. The van der Waals surface area contributed by atoms with Gasteiger partial charge in [-0.15, -0.1) is 10.2 Å². The van der Waals surface area contributed by atoms with Gasteiger partial charge in [-0.05, 0) is 85.6 Å². The number of H-pyrrole nitrogens is 1. The van der Waals surface area contributed by atoms with Crippen LogP contribution in [0.1, 0.15) is 112 Å². The zero-order valence-corrected chi connectivity index (χ0v) is 27.0. The first-order valence-corrected chi connectivity index (χ1v) is 15.9. The fraction of sp³-hybridized carbons (Fsp3) is 0.529. The van der Waals surface area contributed by atoms with E-state index in [2.05, 4.69) is 60.6 Å². The lowest BCUT2D eigenvalue weighted by molar-refractivity contribution is -0.137. The molecule has 1 aromatic heterocycles. The first-order valence-electron chi connectivity index (χ1n) is 15.9. The summed E-state index contributed by atoms with van der Waals surface area (Å²) in [7, 11) is 0. The van der Waals surface area contributed by atoms with Gasteiger partial charge in [-0.2, -0.15) is 18.4 Å². The van der Waals surface area contributed by atoms with E-state index in [1.165, 1.54) is 12.1 Å². The number of benzene rings is 2. The number of amides is 2. The van der Waals surface area contributed by atoms with Gasteiger partial charge in [0.15, 0.2) is 5.82 Å². The highest BCUT2D eigenvalue weighted by Gasteiger charge is 2.52. The largest absolute Gasteiger partial charge is 0.416 e. The number of aliphatic imine (C=N–C) groups is 1. The molecule has 1 aliphatic heterocycles. The third-order valence-electron chi connectivity index (χ3n) is 9.26. The first kappa shape index (κ1) is 33.3. The molecule has 5 rings (SSSR count). The number of aromatic nitrogens is 4. The molecule has 12 heteroatoms. The van der Waals surface area contributed by atoms with E-state index in [0.29, 0.717) is 42.5 Å². The van der Waals surface area contributed by atoms with Crippen LogP contribution in [0.5, 0.6) is 0 Å². The number of nitrogens with zero attached hydrogens (tertiary/aromatic N) is 5. The van der Waals surface area contributed by atoms with Gasteiger partial charge in [-0.1, -0.05) is 64.1 Å². The molecule has 2 amide bonds. The minimum absolute atomic E-state index is 0.0385. The van der Waals surface area contributed by atoms with E-state index in [9.17, 15) is 22.8 Å². The molecule has 0 saturated heterocycles. The molecule has 0 unspecified atom stereocenters. The van der Waals surface area contributed by atoms with Crippen LogP contribution in [-0.2, 0) is 17.5 Å². The summed E-state index contributed by atoms with van der Waals surface area (Å²) < 4.78 is 41.1. The van der Waals surface area contributed by atoms with Crippen LogP contribution in [0.15, 0.2) is 53.5 Å². The van der Waals surface area contributed by atoms with Gasteiger partial charge in [0.1, 0.15) is 11.4 Å². The second-order valence-corrected chi connectivity index (χ2v) is 14.0. The number of rotatable bonds is 9. The minimum Gasteiger partial charge on any atom is -0.345 e. The van der Waals surface area contributed by atoms with Crippen molar-refractivity contribution in [2.45, 2.75) is 97.6 Å². The summed E-state index contributed by atoms with van der Waals surface area (Å²) in [5.74, 6) is 0.648. The normalized spacial score (nSPS) is 21.2. The van der Waals surface area contributed by atoms with Crippen molar-refractivity contribution < 1.29 is 22.8 Å². The van der Waals surface area contributed by atoms with Gasteiger partial charge in [0.2, 0.25) is 0 Å². The molecule has 1 saturated carbocycles. The molecule has 1 fully saturated rings. The standard InChI is InChI=1S/C34H42F3N7O2/c1-21(2)22-13-17-33(18-14-22)39-29(25-7-6-8-26(19-25)34(35,36)37)31(46)44(33)27(15-16-32(3,4)5)23-9-11-24(12-10-23)30(45)38-20-28-40-42-43-41-28/h6-12,19,21-22,27H,13-18,20H2,1-5H3,(H,38,45)(H,40,41,42,43)/t22?,27-,33?/m1/s1. The zero-order valence-electron chi connectivity index (χ0n) is 27.0. The minimum atomic E-state index is -4.54. The SMILES string of the molecule is CC(C)C1CCC2(CC1)N=C(c1cccc(C(F)(F)F)c1)C(=O)N2[C@H](CCC(C)(C)C)c1ccc(C(=O)NCc2nn[nH]n2)cc1. The highest BCUT2D eigenvalue weighted by molar-refractivity contribution is 6.46. The predicted molar refractivity (Wildman–Crippen MR) is 168 cm³/mol. The highest BCUT2D eigenvalue weighted by atomic mass is 19.4. The van der Waals surface area contributed by atoms with Crippen LogP contribution < -0.4 is 5.32 Å². The molecule has 2 N–H and O–H groups in total. The molecule has 0 bridgehead atoms. The molecule has 1 spiro atoms. The highest BCUT2D eigenvalue weighted by Crippen LogP contribution is 2.48. The Morgan fingerprint density at radius 2 is 1.78 bits per heavy atom. The monoisotopic (exact) mass is 637 g/mol. The van der Waals surface area contributed by atoms with Crippen molar-refractivity contribution in [1.29, 1.82) is 0 Å². The summed E-state index contributed by atoms with van der Waals surface area (Å²) in [5, 5.41) is 16.3. The number of carbonyl (C=O) groups excluding carboxylic acids is 2. The topological polar surface area (TPSA) is 116 Å². The van der Waals surface area contributed by atoms with Crippen molar-refractivity contribution in [3.63, 3.8) is 0 Å². The van der Waals surface area contributed by atoms with Crippen molar-refractivity contribution in [1.82, 2.24) is 30.8 Å². The Kier molecular flexibility index (Phi) is 9.38. The average Bonchev–Trinajstić information content (AvgIpc) is 3.62. The number of tetrazole rings is 1. The van der Waals surface area contributed by atoms with Crippen molar-refractivity contribution in [3.8, 4) is 0 Å². The summed E-state index contributed by atoms with van der Waals surface area (Å²) in [6.45, 7) is 10.9. The van der Waals surface area contributed by atoms with Gasteiger partial charge in [-0.25, -0.2) is 0 Å². The van der Waals surface area contributed by atoms with Gasteiger partial charge >= 0.3 is 6.18 Å². The summed E-state index contributed by atoms with van der Waals surface area (Å²) in [5.41, 5.74) is -0.184. The molecule has 2 aliphatic rings. The third kappa shape index (κ3) is 7.31. The van der Waals surface area contributed by atoms with Crippen LogP contribution in [0.2, 0.25) is 0 Å². The quantitative estimate of drug-likeness (QED) is 0.265. The molecule has 2 heterocycles. The molecule has 1 atom stereocenters. The van der Waals surface area contributed by atoms with E-state index in [4.69, 9.17) is 4.99 Å². The van der Waals surface area contributed by atoms with E-state index in [1.54, 1.807) is 12.1 Å². The van der Waals surface area contributed by atoms with Crippen LogP contribution in [-0.4, -0.2) is 48.7 Å². The summed E-state index contributed by atoms with van der Waals surface area (Å²) in [4.78, 5) is 34.3. The first-order chi connectivity index (χ1) is 21.7. The Morgan fingerprint density at radius 1 is 1.09 bits per heavy atom. The molecule has 46 heavy (non-hydrogen) atoms. The van der Waals surface area contributed by atoms with Crippen LogP contribution in [0.25, 0.3) is 0 Å². The van der Waals surface area contributed by atoms with Crippen LogP contribution in [0, 0.1) is 17.3 Å². The van der Waals surface area contributed by atoms with Crippen molar-refractivity contribution in [2.75, 3.05) is 0 Å². The number of nitrogens with one attached hydrogen (secondary N) is 2. The molecule has 2 aromatic carbocycles. The van der Waals surface area contributed by atoms with Gasteiger partial charge in [0.05, 0.1) is 18.2 Å². The maximum absolute atomic E-state index is 14.5. The van der Waals surface area contributed by atoms with E-state index in [1.807, 2.05) is 17.0 Å². The molecular formula is C34H42F3N7O2. The van der Waals surface area contributed by atoms with Gasteiger partial charge in [0, 0.05) is 11.1 Å². The van der Waals surface area contributed by atoms with Gasteiger partial charge in [0.25, 0.3) is 11.8 Å². The average molecular weight is 638 g/mol. The predicted octanol–water partition coefficient (Wildman–Crippen LogP) is 6.89. The van der Waals surface area contributed by atoms with Crippen molar-refractivity contribution in [3.05, 3.63) is 76.6 Å². The zero-order chi connectivity index (χ0) is 33.3. The van der Waals surface area contributed by atoms with E-state index >= 15 is 0 Å². The molecule has 0 radical (unpaired) electrons. The van der Waals surface area contributed by atoms with E-state index in [0.717, 1.165) is 37.0 Å². The molecule has 3 aromatic rings. The Bertz CT molecular complexity index is 1550. The van der Waals surface area contributed by atoms with Crippen molar-refractivity contribution >= 4 is 17.5 Å². The number of aromatic amines is 1. The second kappa shape index (κ2) is 13.0. The fourth-order valence-electron chi connectivity index (χ4n) is 6.59. The second-order valence-electron chi connectivity index (χ2n) is 14.0. The molecule has 1 aliphatic carbocycles. The summed E-state index contributed by atoms with van der Waals surface area (Å²) in [6, 6.07) is 11.7. The fourth-order valence-corrected chi connectivity index (χ4v) is 6.59. The van der Waals surface area contributed by atoms with Crippen molar-refractivity contribution in [2.24, 2.45) is 22.2 Å². The van der Waals surface area contributed by atoms with Crippen LogP contribution in [0.4, 0.5) is 13.2 Å². The Morgan fingerprint density at radius 3 is 2.37 bits per heavy atom. The Labute approximate surface area is 267 Å². The Hall–Kier alpha value is -4.09. The lowest BCUT2D eigenvalue weighted by Gasteiger charge is -2.46. The number of alkyl halides is 3. The number of hydrogen-bond acceptors (Lipinski definition) is 6. The van der Waals surface area contributed by atoms with E-state index < -0.39 is 23.4 Å². The molecular weight excluding hydrogens is 595 g/mol. The van der Waals surface area contributed by atoms with E-state index in [-0.39, 0.29) is 35.0 Å². The number of carbonyl (C=O) groups is 2.